The highest BCUT2D eigenvalue weighted by Gasteiger charge is 2.33. The molecule has 0 radical (unpaired) electrons. The first-order chi connectivity index (χ1) is 8.31. The Kier molecular flexibility index (Phi) is 4.69. The average molecular weight is 256 g/mol. The van der Waals surface area contributed by atoms with Gasteiger partial charge in [0.2, 0.25) is 11.8 Å². The third-order valence-electron chi connectivity index (χ3n) is 3.24. The molecule has 102 valence electrons. The van der Waals surface area contributed by atoms with Gasteiger partial charge in [-0.15, -0.1) is 0 Å². The van der Waals surface area contributed by atoms with Crippen LogP contribution in [0.2, 0.25) is 0 Å². The maximum absolute atomic E-state index is 11.9. The smallest absolute Gasteiger partial charge is 0.305 e. The number of carboxylic acids is 1. The Morgan fingerprint density at radius 2 is 2.11 bits per heavy atom. The molecule has 6 nitrogen and oxygen atoms in total. The predicted molar refractivity (Wildman–Crippen MR) is 64.8 cm³/mol. The van der Waals surface area contributed by atoms with Crippen LogP contribution >= 0.6 is 0 Å². The van der Waals surface area contributed by atoms with Crippen LogP contribution in [0, 0.1) is 11.8 Å². The zero-order chi connectivity index (χ0) is 13.9. The van der Waals surface area contributed by atoms with Crippen LogP contribution in [0.4, 0.5) is 0 Å². The number of amides is 2. The van der Waals surface area contributed by atoms with Gasteiger partial charge in [0, 0.05) is 26.1 Å². The maximum atomic E-state index is 11.9. The first-order valence-corrected chi connectivity index (χ1v) is 6.07. The highest BCUT2D eigenvalue weighted by molar-refractivity contribution is 5.89. The van der Waals surface area contributed by atoms with Crippen molar-refractivity contribution in [3.05, 3.63) is 0 Å². The zero-order valence-electron chi connectivity index (χ0n) is 11.0. The van der Waals surface area contributed by atoms with Crippen LogP contribution in [-0.4, -0.2) is 47.4 Å². The topological polar surface area (TPSA) is 86.7 Å². The Balaban J connectivity index is 2.56. The lowest BCUT2D eigenvalue weighted by molar-refractivity contribution is -0.138. The van der Waals surface area contributed by atoms with Crippen molar-refractivity contribution in [1.82, 2.24) is 10.2 Å². The van der Waals surface area contributed by atoms with Gasteiger partial charge < -0.3 is 15.3 Å². The molecule has 1 rings (SSSR count). The summed E-state index contributed by atoms with van der Waals surface area (Å²) in [6.07, 6.45) is 0.111. The van der Waals surface area contributed by atoms with E-state index in [0.29, 0.717) is 6.54 Å². The molecule has 0 spiro atoms. The van der Waals surface area contributed by atoms with Gasteiger partial charge in [-0.2, -0.15) is 0 Å². The number of aliphatic carboxylic acids is 1. The summed E-state index contributed by atoms with van der Waals surface area (Å²) in [5, 5.41) is 11.5. The molecule has 2 N–H and O–H groups in total. The maximum Gasteiger partial charge on any atom is 0.305 e. The molecule has 0 aliphatic carbocycles. The van der Waals surface area contributed by atoms with Gasteiger partial charge in [0.1, 0.15) is 0 Å². The van der Waals surface area contributed by atoms with Crippen molar-refractivity contribution < 1.29 is 19.5 Å². The SMILES string of the molecule is CC(C)C(CC(=O)O)NC(=O)C1CC(=O)N(C)C1. The Labute approximate surface area is 106 Å². The van der Waals surface area contributed by atoms with Crippen molar-refractivity contribution in [2.45, 2.75) is 32.7 Å². The Hall–Kier alpha value is -1.59. The second-order valence-corrected chi connectivity index (χ2v) is 5.13. The van der Waals surface area contributed by atoms with E-state index in [1.165, 1.54) is 4.90 Å². The van der Waals surface area contributed by atoms with Crippen molar-refractivity contribution in [2.75, 3.05) is 13.6 Å². The second kappa shape index (κ2) is 5.84. The van der Waals surface area contributed by atoms with E-state index < -0.39 is 12.0 Å². The molecule has 0 bridgehead atoms. The molecular weight excluding hydrogens is 236 g/mol. The number of rotatable bonds is 5. The number of nitrogens with zero attached hydrogens (tertiary/aromatic N) is 1. The molecule has 0 saturated carbocycles. The summed E-state index contributed by atoms with van der Waals surface area (Å²) in [4.78, 5) is 35.5. The number of carbonyl (C=O) groups is 3. The van der Waals surface area contributed by atoms with Crippen LogP contribution in [0.15, 0.2) is 0 Å². The van der Waals surface area contributed by atoms with Crippen molar-refractivity contribution in [3.8, 4) is 0 Å². The van der Waals surface area contributed by atoms with Crippen LogP contribution in [0.3, 0.4) is 0 Å². The molecule has 2 atom stereocenters. The molecule has 1 fully saturated rings. The molecule has 1 aliphatic rings. The number of hydrogen-bond acceptors (Lipinski definition) is 3. The van der Waals surface area contributed by atoms with E-state index in [4.69, 9.17) is 5.11 Å². The van der Waals surface area contributed by atoms with E-state index in [2.05, 4.69) is 5.32 Å². The summed E-state index contributed by atoms with van der Waals surface area (Å²) in [5.41, 5.74) is 0. The van der Waals surface area contributed by atoms with Crippen molar-refractivity contribution in [1.29, 1.82) is 0 Å². The minimum absolute atomic E-state index is 0.0416. The fraction of sp³-hybridized carbons (Fsp3) is 0.750. The quantitative estimate of drug-likeness (QED) is 0.729. The van der Waals surface area contributed by atoms with Crippen LogP contribution < -0.4 is 5.32 Å². The van der Waals surface area contributed by atoms with Crippen LogP contribution in [0.5, 0.6) is 0 Å². The molecule has 18 heavy (non-hydrogen) atoms. The summed E-state index contributed by atoms with van der Waals surface area (Å²) in [6, 6.07) is -0.393. The van der Waals surface area contributed by atoms with Gasteiger partial charge in [-0.25, -0.2) is 0 Å². The molecule has 1 aliphatic heterocycles. The number of nitrogens with one attached hydrogen (secondary N) is 1. The highest BCUT2D eigenvalue weighted by Crippen LogP contribution is 2.17. The zero-order valence-corrected chi connectivity index (χ0v) is 11.0. The summed E-state index contributed by atoms with van der Waals surface area (Å²) >= 11 is 0. The standard InChI is InChI=1S/C12H20N2O4/c1-7(2)9(5-11(16)17)13-12(18)8-4-10(15)14(3)6-8/h7-9H,4-6H2,1-3H3,(H,13,18)(H,16,17). The summed E-state index contributed by atoms with van der Waals surface area (Å²) < 4.78 is 0. The first-order valence-electron chi connectivity index (χ1n) is 6.07. The normalized spacial score (nSPS) is 21.2. The third kappa shape index (κ3) is 3.72. The molecule has 0 aromatic heterocycles. The van der Waals surface area contributed by atoms with Gasteiger partial charge in [-0.05, 0) is 5.92 Å². The third-order valence-corrected chi connectivity index (χ3v) is 3.24. The number of carboxylic acid groups (broad SMARTS) is 1. The van der Waals surface area contributed by atoms with Gasteiger partial charge in [-0.3, -0.25) is 14.4 Å². The van der Waals surface area contributed by atoms with Gasteiger partial charge in [0.25, 0.3) is 0 Å². The van der Waals surface area contributed by atoms with E-state index in [1.807, 2.05) is 13.8 Å². The lowest BCUT2D eigenvalue weighted by Crippen LogP contribution is -2.43. The lowest BCUT2D eigenvalue weighted by atomic mass is 9.99. The van der Waals surface area contributed by atoms with Gasteiger partial charge in [0.05, 0.1) is 12.3 Å². The van der Waals surface area contributed by atoms with Gasteiger partial charge >= 0.3 is 5.97 Å². The van der Waals surface area contributed by atoms with Crippen molar-refractivity contribution in [3.63, 3.8) is 0 Å². The highest BCUT2D eigenvalue weighted by atomic mass is 16.4. The molecule has 1 heterocycles. The second-order valence-electron chi connectivity index (χ2n) is 5.13. The Morgan fingerprint density at radius 3 is 2.50 bits per heavy atom. The fourth-order valence-corrected chi connectivity index (χ4v) is 1.98. The summed E-state index contributed by atoms with van der Waals surface area (Å²) in [7, 11) is 1.66. The van der Waals surface area contributed by atoms with Crippen LogP contribution in [-0.2, 0) is 14.4 Å². The molecule has 2 amide bonds. The fourth-order valence-electron chi connectivity index (χ4n) is 1.98. The summed E-state index contributed by atoms with van der Waals surface area (Å²) in [5.74, 6) is -1.53. The Bertz CT molecular complexity index is 354. The van der Waals surface area contributed by atoms with Gasteiger partial charge in [0.15, 0.2) is 0 Å². The van der Waals surface area contributed by atoms with E-state index in [9.17, 15) is 14.4 Å². The Morgan fingerprint density at radius 1 is 1.50 bits per heavy atom. The lowest BCUT2D eigenvalue weighted by Gasteiger charge is -2.22. The number of likely N-dealkylation sites (tertiary alicyclic amines) is 1. The van der Waals surface area contributed by atoms with Crippen LogP contribution in [0.25, 0.3) is 0 Å². The number of hydrogen-bond donors (Lipinski definition) is 2. The number of carbonyl (C=O) groups excluding carboxylic acids is 2. The molecule has 1 saturated heterocycles. The van der Waals surface area contributed by atoms with E-state index >= 15 is 0 Å². The monoisotopic (exact) mass is 256 g/mol. The summed E-state index contributed by atoms with van der Waals surface area (Å²) in [6.45, 7) is 4.13. The minimum Gasteiger partial charge on any atom is -0.481 e. The van der Waals surface area contributed by atoms with Crippen molar-refractivity contribution >= 4 is 17.8 Å². The van der Waals surface area contributed by atoms with E-state index in [-0.39, 0.29) is 36.5 Å². The predicted octanol–water partition coefficient (Wildman–Crippen LogP) is 0.0802. The van der Waals surface area contributed by atoms with Crippen molar-refractivity contribution in [2.24, 2.45) is 11.8 Å². The largest absolute Gasteiger partial charge is 0.481 e. The molecule has 0 aromatic carbocycles. The minimum atomic E-state index is -0.936. The van der Waals surface area contributed by atoms with E-state index in [1.54, 1.807) is 7.05 Å². The molecule has 0 aromatic rings. The van der Waals surface area contributed by atoms with Crippen LogP contribution in [0.1, 0.15) is 26.7 Å². The molecule has 6 heteroatoms. The first kappa shape index (κ1) is 14.5. The van der Waals surface area contributed by atoms with E-state index in [0.717, 1.165) is 0 Å². The molecular formula is C12H20N2O4. The average Bonchev–Trinajstić information content (AvgIpc) is 2.57. The molecule has 2 unspecified atom stereocenters. The van der Waals surface area contributed by atoms with Gasteiger partial charge in [-0.1, -0.05) is 13.8 Å².